The molecular weight excluding hydrogens is 300 g/mol. The van der Waals surface area contributed by atoms with E-state index in [0.717, 1.165) is 5.56 Å². The number of hydrogen-bond acceptors (Lipinski definition) is 4. The number of hydrogen-bond donors (Lipinski definition) is 3. The van der Waals surface area contributed by atoms with Crippen LogP contribution in [0.5, 0.6) is 0 Å². The van der Waals surface area contributed by atoms with Crippen molar-refractivity contribution in [3.63, 3.8) is 0 Å². The Labute approximate surface area is 122 Å². The molecule has 0 atom stereocenters. The monoisotopic (exact) mass is 314 g/mol. The van der Waals surface area contributed by atoms with Crippen LogP contribution in [0.2, 0.25) is 5.02 Å². The fraction of sp³-hybridized carbons (Fsp3) is 0.250. The predicted octanol–water partition coefficient (Wildman–Crippen LogP) is 1.94. The van der Waals surface area contributed by atoms with Gasteiger partial charge in [0.2, 0.25) is 5.03 Å². The smallest absolute Gasteiger partial charge is 0.281 e. The maximum atomic E-state index is 12.4. The number of aryl methyl sites for hydroxylation is 2. The molecule has 0 bridgehead atoms. The lowest BCUT2D eigenvalue weighted by molar-refractivity contribution is 0.595. The maximum Gasteiger partial charge on any atom is 0.281 e. The summed E-state index contributed by atoms with van der Waals surface area (Å²) in [5, 5.41) is 6.67. The van der Waals surface area contributed by atoms with Crippen LogP contribution in [0.3, 0.4) is 0 Å². The van der Waals surface area contributed by atoms with Crippen molar-refractivity contribution in [2.45, 2.75) is 25.4 Å². The van der Waals surface area contributed by atoms with Crippen LogP contribution in [0.4, 0.5) is 5.69 Å². The summed E-state index contributed by atoms with van der Waals surface area (Å²) in [6.45, 7) is 3.57. The van der Waals surface area contributed by atoms with Gasteiger partial charge >= 0.3 is 0 Å². The molecule has 1 aromatic heterocycles. The third-order valence-corrected chi connectivity index (χ3v) is 4.59. The average molecular weight is 315 g/mol. The number of H-pyrrole nitrogens is 1. The summed E-state index contributed by atoms with van der Waals surface area (Å²) < 4.78 is 27.2. The van der Waals surface area contributed by atoms with Gasteiger partial charge in [-0.25, -0.2) is 0 Å². The molecule has 0 unspecified atom stereocenters. The minimum atomic E-state index is -3.84. The summed E-state index contributed by atoms with van der Waals surface area (Å²) in [7, 11) is -3.84. The molecule has 2 aromatic rings. The van der Waals surface area contributed by atoms with Gasteiger partial charge in [0.15, 0.2) is 0 Å². The quantitative estimate of drug-likeness (QED) is 0.802. The molecule has 0 fully saturated rings. The van der Waals surface area contributed by atoms with Crippen LogP contribution in [0.25, 0.3) is 0 Å². The van der Waals surface area contributed by atoms with E-state index in [1.807, 2.05) is 0 Å². The van der Waals surface area contributed by atoms with Crippen molar-refractivity contribution in [1.29, 1.82) is 0 Å². The third kappa shape index (κ3) is 2.65. The first-order chi connectivity index (χ1) is 9.36. The van der Waals surface area contributed by atoms with Crippen LogP contribution in [0.1, 0.15) is 16.8 Å². The van der Waals surface area contributed by atoms with Gasteiger partial charge in [0.1, 0.15) is 0 Å². The van der Waals surface area contributed by atoms with E-state index in [1.165, 1.54) is 0 Å². The molecule has 0 radical (unpaired) electrons. The molecule has 20 heavy (non-hydrogen) atoms. The molecule has 4 N–H and O–H groups in total. The molecule has 0 amide bonds. The largest absolute Gasteiger partial charge is 0.326 e. The van der Waals surface area contributed by atoms with Gasteiger partial charge in [-0.05, 0) is 25.5 Å². The number of sulfonamides is 1. The van der Waals surface area contributed by atoms with E-state index in [1.54, 1.807) is 32.0 Å². The highest BCUT2D eigenvalue weighted by Gasteiger charge is 2.24. The van der Waals surface area contributed by atoms with Crippen molar-refractivity contribution in [3.05, 3.63) is 40.0 Å². The minimum absolute atomic E-state index is 0.0834. The van der Waals surface area contributed by atoms with Crippen LogP contribution in [-0.4, -0.2) is 18.6 Å². The van der Waals surface area contributed by atoms with Gasteiger partial charge in [0, 0.05) is 17.8 Å². The average Bonchev–Trinajstić information content (AvgIpc) is 2.76. The third-order valence-electron chi connectivity index (χ3n) is 2.95. The zero-order valence-electron chi connectivity index (χ0n) is 11.1. The molecule has 0 saturated heterocycles. The molecule has 108 valence electrons. The Morgan fingerprint density at radius 3 is 2.70 bits per heavy atom. The fourth-order valence-electron chi connectivity index (χ4n) is 1.84. The zero-order chi connectivity index (χ0) is 14.9. The second-order valence-corrected chi connectivity index (χ2v) is 6.38. The zero-order valence-corrected chi connectivity index (χ0v) is 12.6. The number of nitrogens with zero attached hydrogens (tertiary/aromatic N) is 1. The molecule has 8 heteroatoms. The number of halogens is 1. The Morgan fingerprint density at radius 1 is 1.40 bits per heavy atom. The first-order valence-electron chi connectivity index (χ1n) is 5.88. The molecule has 0 spiro atoms. The number of anilines is 1. The molecule has 0 aliphatic carbocycles. The van der Waals surface area contributed by atoms with E-state index in [9.17, 15) is 8.42 Å². The highest BCUT2D eigenvalue weighted by atomic mass is 35.5. The Balaban J connectivity index is 2.46. The van der Waals surface area contributed by atoms with E-state index in [-0.39, 0.29) is 11.6 Å². The van der Waals surface area contributed by atoms with Crippen molar-refractivity contribution in [2.75, 3.05) is 4.72 Å². The lowest BCUT2D eigenvalue weighted by atomic mass is 10.2. The Bertz CT molecular complexity index is 720. The van der Waals surface area contributed by atoms with Gasteiger partial charge < -0.3 is 5.73 Å². The van der Waals surface area contributed by atoms with Crippen LogP contribution in [-0.2, 0) is 16.6 Å². The maximum absolute atomic E-state index is 12.4. The second-order valence-electron chi connectivity index (χ2n) is 4.37. The van der Waals surface area contributed by atoms with Crippen molar-refractivity contribution in [1.82, 2.24) is 10.2 Å². The standard InChI is InChI=1S/C12H15ClN4O2S/c1-7-4-3-5-10(13)11(7)17-20(18,19)12-9(6-14)8(2)15-16-12/h3-5,17H,6,14H2,1-2H3,(H,15,16). The lowest BCUT2D eigenvalue weighted by Crippen LogP contribution is -2.17. The SMILES string of the molecule is Cc1cccc(Cl)c1NS(=O)(=O)c1n[nH]c(C)c1CN. The Kier molecular flexibility index (Phi) is 4.03. The fourth-order valence-corrected chi connectivity index (χ4v) is 3.52. The van der Waals surface area contributed by atoms with Gasteiger partial charge in [-0.15, -0.1) is 0 Å². The molecule has 1 heterocycles. The Morgan fingerprint density at radius 2 is 2.10 bits per heavy atom. The number of benzene rings is 1. The van der Waals surface area contributed by atoms with Gasteiger partial charge in [-0.1, -0.05) is 23.7 Å². The minimum Gasteiger partial charge on any atom is -0.326 e. The Hall–Kier alpha value is -1.57. The summed E-state index contributed by atoms with van der Waals surface area (Å²) in [6, 6.07) is 5.13. The van der Waals surface area contributed by atoms with E-state index < -0.39 is 10.0 Å². The number of para-hydroxylation sites is 1. The summed E-state index contributed by atoms with van der Waals surface area (Å²) in [4.78, 5) is 0. The lowest BCUT2D eigenvalue weighted by Gasteiger charge is -2.11. The van der Waals surface area contributed by atoms with Crippen LogP contribution >= 0.6 is 11.6 Å². The van der Waals surface area contributed by atoms with Gasteiger partial charge in [-0.3, -0.25) is 9.82 Å². The molecule has 1 aromatic carbocycles. The molecule has 0 aliphatic heterocycles. The number of nitrogens with two attached hydrogens (primary N) is 1. The van der Waals surface area contributed by atoms with E-state index in [0.29, 0.717) is 22.0 Å². The van der Waals surface area contributed by atoms with Crippen molar-refractivity contribution < 1.29 is 8.42 Å². The highest BCUT2D eigenvalue weighted by molar-refractivity contribution is 7.92. The van der Waals surface area contributed by atoms with Crippen LogP contribution in [0.15, 0.2) is 23.2 Å². The number of rotatable bonds is 4. The van der Waals surface area contributed by atoms with Crippen molar-refractivity contribution in [2.24, 2.45) is 5.73 Å². The topological polar surface area (TPSA) is 101 Å². The summed E-state index contributed by atoms with van der Waals surface area (Å²) in [5.74, 6) is 0. The van der Waals surface area contributed by atoms with Gasteiger partial charge in [0.25, 0.3) is 10.0 Å². The molecule has 2 rings (SSSR count). The molecular formula is C12H15ClN4O2S. The van der Waals surface area contributed by atoms with Crippen molar-refractivity contribution in [3.8, 4) is 0 Å². The van der Waals surface area contributed by atoms with Crippen molar-refractivity contribution >= 4 is 27.3 Å². The van der Waals surface area contributed by atoms with Crippen LogP contribution < -0.4 is 10.5 Å². The first kappa shape index (κ1) is 14.8. The summed E-state index contributed by atoms with van der Waals surface area (Å²) >= 11 is 6.02. The molecule has 0 saturated carbocycles. The second kappa shape index (κ2) is 5.43. The van der Waals surface area contributed by atoms with E-state index in [2.05, 4.69) is 14.9 Å². The number of nitrogens with one attached hydrogen (secondary N) is 2. The molecule has 0 aliphatic rings. The normalized spacial score (nSPS) is 11.6. The van der Waals surface area contributed by atoms with Crippen LogP contribution in [0, 0.1) is 13.8 Å². The number of aromatic nitrogens is 2. The number of aromatic amines is 1. The summed E-state index contributed by atoms with van der Waals surface area (Å²) in [6.07, 6.45) is 0. The molecule has 6 nitrogen and oxygen atoms in total. The van der Waals surface area contributed by atoms with Gasteiger partial charge in [0.05, 0.1) is 10.7 Å². The summed E-state index contributed by atoms with van der Waals surface area (Å²) in [5.41, 5.74) is 7.73. The van der Waals surface area contributed by atoms with E-state index >= 15 is 0 Å². The van der Waals surface area contributed by atoms with Gasteiger partial charge in [-0.2, -0.15) is 13.5 Å². The predicted molar refractivity (Wildman–Crippen MR) is 78.2 cm³/mol. The highest BCUT2D eigenvalue weighted by Crippen LogP contribution is 2.28. The van der Waals surface area contributed by atoms with E-state index in [4.69, 9.17) is 17.3 Å². The first-order valence-corrected chi connectivity index (χ1v) is 7.74.